The minimum absolute atomic E-state index is 0.0365. The average molecular weight is 535 g/mol. The predicted molar refractivity (Wildman–Crippen MR) is 123 cm³/mol. The predicted octanol–water partition coefficient (Wildman–Crippen LogP) is 5.48. The quantitative estimate of drug-likeness (QED) is 0.299. The normalized spacial score (nSPS) is 13.4. The van der Waals surface area contributed by atoms with Crippen LogP contribution in [0.25, 0.3) is 11.1 Å². The second kappa shape index (κ2) is 11.4. The molecule has 0 fully saturated rings. The molecule has 1 heterocycles. The number of carboxylic acid groups (broad SMARTS) is 1. The maximum Gasteiger partial charge on any atom is 0.573 e. The zero-order chi connectivity index (χ0) is 27.3. The number of hydrogen-bond donors (Lipinski definition) is 1. The van der Waals surface area contributed by atoms with Gasteiger partial charge in [0, 0.05) is 12.1 Å². The Morgan fingerprint density at radius 3 is 2.45 bits per heavy atom. The number of carbonyl (C=O) groups excluding carboxylic acids is 1. The number of nitrogens with zero attached hydrogens (tertiary/aromatic N) is 1. The standard InChI is InChI=1S/C26H21F4NO7/c27-22-8-7-18(20-12-17(35-15-24(32)33)6-9-23(20)37-26(28,29)30)21-13-31(11-10-19(21)22)38-25(34)36-14-16-4-2-1-3-5-16/h1-9,12H,10-11,13-15H2,(H,32,33). The third kappa shape index (κ3) is 6.91. The summed E-state index contributed by atoms with van der Waals surface area (Å²) < 4.78 is 68.4. The summed E-state index contributed by atoms with van der Waals surface area (Å²) in [5.41, 5.74) is 1.27. The molecule has 3 aromatic carbocycles. The molecule has 8 nitrogen and oxygen atoms in total. The number of carbonyl (C=O) groups is 2. The van der Waals surface area contributed by atoms with E-state index < -0.39 is 36.7 Å². The van der Waals surface area contributed by atoms with E-state index in [0.29, 0.717) is 0 Å². The molecule has 1 N–H and O–H groups in total. The first kappa shape index (κ1) is 26.7. The molecule has 0 aromatic heterocycles. The van der Waals surface area contributed by atoms with Gasteiger partial charge in [0.2, 0.25) is 0 Å². The zero-order valence-electron chi connectivity index (χ0n) is 19.7. The van der Waals surface area contributed by atoms with E-state index in [2.05, 4.69) is 4.74 Å². The number of ether oxygens (including phenoxy) is 3. The Hall–Kier alpha value is -4.32. The smallest absolute Gasteiger partial charge is 0.482 e. The van der Waals surface area contributed by atoms with Gasteiger partial charge >= 0.3 is 18.5 Å². The summed E-state index contributed by atoms with van der Waals surface area (Å²) >= 11 is 0. The van der Waals surface area contributed by atoms with E-state index in [9.17, 15) is 27.2 Å². The van der Waals surface area contributed by atoms with Gasteiger partial charge in [-0.2, -0.15) is 0 Å². The highest BCUT2D eigenvalue weighted by Gasteiger charge is 2.33. The van der Waals surface area contributed by atoms with Crippen molar-refractivity contribution < 1.29 is 51.3 Å². The lowest BCUT2D eigenvalue weighted by Gasteiger charge is -2.29. The molecule has 38 heavy (non-hydrogen) atoms. The fourth-order valence-corrected chi connectivity index (χ4v) is 3.95. The lowest BCUT2D eigenvalue weighted by atomic mass is 9.90. The number of halogens is 4. The van der Waals surface area contributed by atoms with E-state index in [1.165, 1.54) is 17.2 Å². The number of carboxylic acids is 1. The highest BCUT2D eigenvalue weighted by atomic mass is 19.4. The van der Waals surface area contributed by atoms with Crippen LogP contribution in [0.1, 0.15) is 16.7 Å². The van der Waals surface area contributed by atoms with Crippen LogP contribution in [-0.4, -0.2) is 41.8 Å². The van der Waals surface area contributed by atoms with Gasteiger partial charge in [-0.3, -0.25) is 0 Å². The maximum absolute atomic E-state index is 14.7. The molecular formula is C26H21F4NO7. The van der Waals surface area contributed by atoms with E-state index in [1.807, 2.05) is 6.07 Å². The Balaban J connectivity index is 1.61. The van der Waals surface area contributed by atoms with Gasteiger partial charge in [-0.1, -0.05) is 36.4 Å². The lowest BCUT2D eigenvalue weighted by Crippen LogP contribution is -2.34. The van der Waals surface area contributed by atoms with Gasteiger partial charge in [-0.25, -0.2) is 14.0 Å². The summed E-state index contributed by atoms with van der Waals surface area (Å²) in [5.74, 6) is -2.50. The van der Waals surface area contributed by atoms with Crippen LogP contribution in [0.2, 0.25) is 0 Å². The minimum Gasteiger partial charge on any atom is -0.482 e. The van der Waals surface area contributed by atoms with Crippen LogP contribution in [0.4, 0.5) is 22.4 Å². The Bertz CT molecular complexity index is 1310. The van der Waals surface area contributed by atoms with Crippen LogP contribution < -0.4 is 9.47 Å². The second-order valence-corrected chi connectivity index (χ2v) is 8.17. The number of hydroxylamine groups is 2. The first-order valence-electron chi connectivity index (χ1n) is 11.3. The number of hydrogen-bond acceptors (Lipinski definition) is 7. The number of aliphatic carboxylic acids is 1. The molecule has 0 saturated heterocycles. The van der Waals surface area contributed by atoms with Crippen molar-refractivity contribution in [3.63, 3.8) is 0 Å². The fraction of sp³-hybridized carbons (Fsp3) is 0.231. The summed E-state index contributed by atoms with van der Waals surface area (Å²) in [6, 6.07) is 14.5. The van der Waals surface area contributed by atoms with Gasteiger partial charge in [0.15, 0.2) is 6.61 Å². The molecule has 0 bridgehead atoms. The molecule has 1 aliphatic heterocycles. The van der Waals surface area contributed by atoms with E-state index in [0.717, 1.165) is 23.8 Å². The van der Waals surface area contributed by atoms with Crippen LogP contribution in [0.15, 0.2) is 60.7 Å². The third-order valence-corrected chi connectivity index (χ3v) is 5.55. The molecule has 1 aliphatic rings. The van der Waals surface area contributed by atoms with Gasteiger partial charge in [-0.15, -0.1) is 18.2 Å². The van der Waals surface area contributed by atoms with Crippen molar-refractivity contribution in [3.8, 4) is 22.6 Å². The molecule has 0 saturated carbocycles. The number of alkyl halides is 3. The van der Waals surface area contributed by atoms with Gasteiger partial charge < -0.3 is 24.2 Å². The molecule has 0 atom stereocenters. The van der Waals surface area contributed by atoms with Gasteiger partial charge in [0.25, 0.3) is 0 Å². The summed E-state index contributed by atoms with van der Waals surface area (Å²) in [6.07, 6.45) is -5.94. The van der Waals surface area contributed by atoms with Crippen LogP contribution in [-0.2, 0) is 33.9 Å². The Kier molecular flexibility index (Phi) is 8.01. The number of fused-ring (bicyclic) bond motifs is 1. The molecule has 0 spiro atoms. The minimum atomic E-state index is -5.03. The van der Waals surface area contributed by atoms with Crippen molar-refractivity contribution in [2.75, 3.05) is 13.2 Å². The topological polar surface area (TPSA) is 94.5 Å². The molecule has 0 radical (unpaired) electrons. The monoisotopic (exact) mass is 535 g/mol. The molecule has 200 valence electrons. The Morgan fingerprint density at radius 1 is 0.974 bits per heavy atom. The molecule has 3 aromatic rings. The summed E-state index contributed by atoms with van der Waals surface area (Å²) in [6.45, 7) is -0.811. The summed E-state index contributed by atoms with van der Waals surface area (Å²) in [4.78, 5) is 28.3. The van der Waals surface area contributed by atoms with Crippen molar-refractivity contribution in [3.05, 3.63) is 83.2 Å². The van der Waals surface area contributed by atoms with Crippen molar-refractivity contribution in [2.45, 2.75) is 25.9 Å². The number of benzene rings is 3. The van der Waals surface area contributed by atoms with Crippen LogP contribution in [0, 0.1) is 5.82 Å². The number of rotatable bonds is 8. The first-order valence-corrected chi connectivity index (χ1v) is 11.3. The SMILES string of the molecule is O=C(O)COc1ccc(OC(F)(F)F)c(-c2ccc(F)c3c2CN(OC(=O)OCc2ccccc2)CC3)c1. The molecular weight excluding hydrogens is 514 g/mol. The fourth-order valence-electron chi connectivity index (χ4n) is 3.95. The maximum atomic E-state index is 14.7. The molecule has 0 amide bonds. The van der Waals surface area contributed by atoms with Crippen LogP contribution in [0.3, 0.4) is 0 Å². The van der Waals surface area contributed by atoms with Gasteiger partial charge in [-0.05, 0) is 52.9 Å². The Labute approximate surface area is 213 Å². The van der Waals surface area contributed by atoms with Crippen LogP contribution >= 0.6 is 0 Å². The van der Waals surface area contributed by atoms with Crippen molar-refractivity contribution in [1.29, 1.82) is 0 Å². The largest absolute Gasteiger partial charge is 0.573 e. The van der Waals surface area contributed by atoms with E-state index in [1.54, 1.807) is 24.3 Å². The second-order valence-electron chi connectivity index (χ2n) is 8.17. The van der Waals surface area contributed by atoms with Crippen LogP contribution in [0.5, 0.6) is 11.5 Å². The van der Waals surface area contributed by atoms with E-state index >= 15 is 0 Å². The van der Waals surface area contributed by atoms with E-state index in [-0.39, 0.29) is 54.1 Å². The average Bonchev–Trinajstić information content (AvgIpc) is 2.87. The van der Waals surface area contributed by atoms with Gasteiger partial charge in [0.1, 0.15) is 23.9 Å². The molecule has 4 rings (SSSR count). The lowest BCUT2D eigenvalue weighted by molar-refractivity contribution is -0.274. The molecule has 0 aliphatic carbocycles. The first-order chi connectivity index (χ1) is 18.1. The van der Waals surface area contributed by atoms with Crippen molar-refractivity contribution in [1.82, 2.24) is 5.06 Å². The Morgan fingerprint density at radius 2 is 1.74 bits per heavy atom. The van der Waals surface area contributed by atoms with Crippen molar-refractivity contribution >= 4 is 12.1 Å². The third-order valence-electron chi connectivity index (χ3n) is 5.55. The highest BCUT2D eigenvalue weighted by Crippen LogP contribution is 2.41. The zero-order valence-corrected chi connectivity index (χ0v) is 19.7. The van der Waals surface area contributed by atoms with E-state index in [4.69, 9.17) is 19.4 Å². The molecule has 12 heteroatoms. The molecule has 0 unspecified atom stereocenters. The highest BCUT2D eigenvalue weighted by molar-refractivity contribution is 5.76. The summed E-state index contributed by atoms with van der Waals surface area (Å²) in [5, 5.41) is 10.1. The van der Waals surface area contributed by atoms with Gasteiger partial charge in [0.05, 0.1) is 6.54 Å². The summed E-state index contributed by atoms with van der Waals surface area (Å²) in [7, 11) is 0. The van der Waals surface area contributed by atoms with Crippen molar-refractivity contribution in [2.24, 2.45) is 0 Å².